The molecule has 2 heterocycles. The van der Waals surface area contributed by atoms with Gasteiger partial charge in [-0.15, -0.1) is 11.8 Å². The highest BCUT2D eigenvalue weighted by atomic mass is 32.2. The molecule has 0 aliphatic carbocycles. The van der Waals surface area contributed by atoms with Gasteiger partial charge in [0.2, 0.25) is 11.8 Å². The molecule has 0 radical (unpaired) electrons. The summed E-state index contributed by atoms with van der Waals surface area (Å²) >= 11 is 1.07. The molecule has 7 nitrogen and oxygen atoms in total. The fraction of sp³-hybridized carbons (Fsp3) is 0.333. The number of thioether (sulfide) groups is 1. The van der Waals surface area contributed by atoms with E-state index < -0.39 is 38.5 Å². The molecule has 0 spiro atoms. The fourth-order valence-electron chi connectivity index (χ4n) is 3.65. The molecule has 2 aliphatic rings. The zero-order valence-corrected chi connectivity index (χ0v) is 18.6. The van der Waals surface area contributed by atoms with Gasteiger partial charge in [0.1, 0.15) is 11.6 Å². The number of halogens is 2. The Balaban J connectivity index is 1.54. The number of hydrogen-bond acceptors (Lipinski definition) is 5. The predicted molar refractivity (Wildman–Crippen MR) is 117 cm³/mol. The highest BCUT2D eigenvalue weighted by molar-refractivity contribution is 8.01. The maximum absolute atomic E-state index is 13.8. The first-order valence-electron chi connectivity index (χ1n) is 10.1. The van der Waals surface area contributed by atoms with Crippen molar-refractivity contribution in [3.8, 4) is 0 Å². The molecule has 0 unspecified atom stereocenters. The molecule has 1 atom stereocenters. The van der Waals surface area contributed by atoms with Crippen LogP contribution in [0.2, 0.25) is 0 Å². The maximum atomic E-state index is 13.8. The number of rotatable bonds is 4. The van der Waals surface area contributed by atoms with Crippen molar-refractivity contribution >= 4 is 45.0 Å². The lowest BCUT2D eigenvalue weighted by atomic mass is 10.2. The summed E-state index contributed by atoms with van der Waals surface area (Å²) in [5, 5.41) is 1.67. The number of fused-ring (bicyclic) bond motifs is 1. The van der Waals surface area contributed by atoms with E-state index in [1.54, 1.807) is 4.90 Å². The second-order valence-corrected chi connectivity index (χ2v) is 10.4. The summed E-state index contributed by atoms with van der Waals surface area (Å²) in [6.45, 7) is 1.24. The molecule has 2 amide bonds. The summed E-state index contributed by atoms with van der Waals surface area (Å²) in [6.07, 6.45) is 3.92. The van der Waals surface area contributed by atoms with Gasteiger partial charge in [0.15, 0.2) is 5.25 Å². The lowest BCUT2D eigenvalue weighted by molar-refractivity contribution is -0.133. The molecule has 0 bridgehead atoms. The number of hydrogen-bond donors (Lipinski definition) is 2. The summed E-state index contributed by atoms with van der Waals surface area (Å²) in [7, 11) is -4.25. The van der Waals surface area contributed by atoms with Crippen LogP contribution in [0.1, 0.15) is 25.7 Å². The molecule has 1 saturated heterocycles. The number of nitrogens with zero attached hydrogens (tertiary/aromatic N) is 1. The van der Waals surface area contributed by atoms with Gasteiger partial charge in [-0.05, 0) is 43.2 Å². The van der Waals surface area contributed by atoms with Crippen LogP contribution in [0.4, 0.5) is 20.2 Å². The molecule has 4 rings (SSSR count). The van der Waals surface area contributed by atoms with E-state index in [0.29, 0.717) is 18.0 Å². The van der Waals surface area contributed by atoms with Crippen molar-refractivity contribution in [1.82, 2.24) is 4.90 Å². The van der Waals surface area contributed by atoms with E-state index in [2.05, 4.69) is 5.32 Å². The van der Waals surface area contributed by atoms with E-state index in [9.17, 15) is 26.8 Å². The van der Waals surface area contributed by atoms with E-state index in [1.165, 1.54) is 18.2 Å². The first-order valence-corrected chi connectivity index (χ1v) is 12.5. The van der Waals surface area contributed by atoms with Crippen molar-refractivity contribution in [2.75, 3.05) is 23.1 Å². The zero-order chi connectivity index (χ0) is 22.9. The molecule has 2 aromatic rings. The largest absolute Gasteiger partial charge is 0.341 e. The van der Waals surface area contributed by atoms with Crippen LogP contribution in [0.15, 0.2) is 46.2 Å². The highest BCUT2D eigenvalue weighted by Crippen LogP contribution is 2.38. The quantitative estimate of drug-likeness (QED) is 0.651. The Hall–Kier alpha value is -2.66. The molecule has 2 N–H and O–H groups in total. The summed E-state index contributed by atoms with van der Waals surface area (Å²) in [4.78, 5) is 27.5. The molecule has 0 aromatic heterocycles. The lowest BCUT2D eigenvalue weighted by Gasteiger charge is -2.28. The van der Waals surface area contributed by atoms with E-state index in [-0.39, 0.29) is 16.5 Å². The normalized spacial score (nSPS) is 19.0. The van der Waals surface area contributed by atoms with Crippen LogP contribution in [0.25, 0.3) is 0 Å². The van der Waals surface area contributed by atoms with Gasteiger partial charge in [-0.2, -0.15) is 0 Å². The average Bonchev–Trinajstić information content (AvgIpc) is 3.04. The minimum atomic E-state index is -4.25. The third-order valence-corrected chi connectivity index (χ3v) is 7.94. The Morgan fingerprint density at radius 2 is 1.78 bits per heavy atom. The number of nitrogens with one attached hydrogen (secondary N) is 2. The second kappa shape index (κ2) is 9.07. The Morgan fingerprint density at radius 3 is 2.50 bits per heavy atom. The monoisotopic (exact) mass is 481 g/mol. The molecular formula is C21H21F2N3O4S2. The van der Waals surface area contributed by atoms with Crippen LogP contribution < -0.4 is 10.0 Å². The maximum Gasteiger partial charge on any atom is 0.262 e. The fourth-order valence-corrected chi connectivity index (χ4v) is 5.79. The van der Waals surface area contributed by atoms with Gasteiger partial charge < -0.3 is 10.2 Å². The van der Waals surface area contributed by atoms with Crippen LogP contribution in [0, 0.1) is 11.6 Å². The van der Waals surface area contributed by atoms with Crippen LogP contribution in [0.5, 0.6) is 0 Å². The van der Waals surface area contributed by atoms with Crippen LogP contribution in [-0.2, 0) is 19.6 Å². The topological polar surface area (TPSA) is 95.6 Å². The second-order valence-electron chi connectivity index (χ2n) is 7.61. The summed E-state index contributed by atoms with van der Waals surface area (Å²) < 4.78 is 54.6. The molecule has 2 aliphatic heterocycles. The highest BCUT2D eigenvalue weighted by Gasteiger charge is 2.36. The molecule has 32 heavy (non-hydrogen) atoms. The molecule has 11 heteroatoms. The van der Waals surface area contributed by atoms with Crippen molar-refractivity contribution in [2.24, 2.45) is 0 Å². The summed E-state index contributed by atoms with van der Waals surface area (Å²) in [6, 6.07) is 6.43. The van der Waals surface area contributed by atoms with Gasteiger partial charge in [0, 0.05) is 24.1 Å². The number of carbonyl (C=O) groups is 2. The van der Waals surface area contributed by atoms with E-state index in [1.807, 2.05) is 4.72 Å². The predicted octanol–water partition coefficient (Wildman–Crippen LogP) is 3.58. The molecule has 1 fully saturated rings. The van der Waals surface area contributed by atoms with Gasteiger partial charge in [-0.1, -0.05) is 12.8 Å². The SMILES string of the molecule is O=C1Nc2cc(S(=O)(=O)Nc3cc(F)ccc3F)ccc2S[C@@H]1C(=O)N1CCCCCC1. The average molecular weight is 482 g/mol. The van der Waals surface area contributed by atoms with E-state index in [4.69, 9.17) is 0 Å². The van der Waals surface area contributed by atoms with Gasteiger partial charge in [-0.25, -0.2) is 17.2 Å². The third-order valence-electron chi connectivity index (χ3n) is 5.32. The molecular weight excluding hydrogens is 460 g/mol. The number of sulfonamides is 1. The zero-order valence-electron chi connectivity index (χ0n) is 16.9. The van der Waals surface area contributed by atoms with Crippen molar-refractivity contribution in [3.05, 3.63) is 48.0 Å². The molecule has 2 aromatic carbocycles. The number of anilines is 2. The minimum absolute atomic E-state index is 0.238. The van der Waals surface area contributed by atoms with Crippen LogP contribution >= 0.6 is 11.8 Å². The Bertz CT molecular complexity index is 1170. The van der Waals surface area contributed by atoms with Gasteiger partial charge in [-0.3, -0.25) is 14.3 Å². The first kappa shape index (κ1) is 22.5. The number of likely N-dealkylation sites (tertiary alicyclic amines) is 1. The first-order chi connectivity index (χ1) is 15.2. The number of benzene rings is 2. The molecule has 0 saturated carbocycles. The molecule has 170 valence electrons. The van der Waals surface area contributed by atoms with Gasteiger partial charge >= 0.3 is 0 Å². The Kier molecular flexibility index (Phi) is 6.38. The minimum Gasteiger partial charge on any atom is -0.341 e. The van der Waals surface area contributed by atoms with Crippen molar-refractivity contribution in [1.29, 1.82) is 0 Å². The Morgan fingerprint density at radius 1 is 1.06 bits per heavy atom. The smallest absolute Gasteiger partial charge is 0.262 e. The summed E-state index contributed by atoms with van der Waals surface area (Å²) in [5.41, 5.74) is -0.285. The Labute approximate surface area is 188 Å². The van der Waals surface area contributed by atoms with Crippen molar-refractivity contribution in [2.45, 2.75) is 40.7 Å². The lowest BCUT2D eigenvalue weighted by Crippen LogP contribution is -2.45. The summed E-state index contributed by atoms with van der Waals surface area (Å²) in [5.74, 6) is -2.49. The van der Waals surface area contributed by atoms with Crippen LogP contribution in [-0.4, -0.2) is 43.5 Å². The van der Waals surface area contributed by atoms with E-state index >= 15 is 0 Å². The van der Waals surface area contributed by atoms with Crippen molar-refractivity contribution < 1.29 is 26.8 Å². The third kappa shape index (κ3) is 4.73. The standard InChI is InChI=1S/C21H21F2N3O4S2/c22-13-5-7-15(23)16(11-13)25-32(29,30)14-6-8-18-17(12-14)24-20(27)19(31-18)21(28)26-9-3-1-2-4-10-26/h5-8,11-12,19,25H,1-4,9-10H2,(H,24,27)/t19-/m0/s1. The van der Waals surface area contributed by atoms with Gasteiger partial charge in [0.05, 0.1) is 16.3 Å². The van der Waals surface area contributed by atoms with Gasteiger partial charge in [0.25, 0.3) is 10.0 Å². The van der Waals surface area contributed by atoms with E-state index in [0.717, 1.165) is 55.6 Å². The number of amides is 2. The number of carbonyl (C=O) groups excluding carboxylic acids is 2. The van der Waals surface area contributed by atoms with Crippen molar-refractivity contribution in [3.63, 3.8) is 0 Å². The van der Waals surface area contributed by atoms with Crippen LogP contribution in [0.3, 0.4) is 0 Å².